The molecule has 0 fully saturated rings. The fraction of sp³-hybridized carbons (Fsp3) is 0. The summed E-state index contributed by atoms with van der Waals surface area (Å²) in [7, 11) is 0. The van der Waals surface area contributed by atoms with Gasteiger partial charge in [-0.25, -0.2) is 9.78 Å². The molecule has 5 nitrogen and oxygen atoms in total. The fourth-order valence-corrected chi connectivity index (χ4v) is 3.11. The van der Waals surface area contributed by atoms with E-state index < -0.39 is 5.97 Å². The number of hydrogen-bond acceptors (Lipinski definition) is 3. The standard InChI is InChI=1S/C21H13ClN2O3/c22-17(10-12-5-6-13-3-1-2-4-14(13)9-12)19-23-18-11-15(21(26)27)7-8-16(18)20(25)24-19/h1-11H,(H,26,27)(H,23,24,25). The first-order valence-corrected chi connectivity index (χ1v) is 8.53. The molecule has 0 atom stereocenters. The highest BCUT2D eigenvalue weighted by molar-refractivity contribution is 6.50. The Balaban J connectivity index is 1.80. The van der Waals surface area contributed by atoms with Crippen LogP contribution in [0, 0.1) is 0 Å². The van der Waals surface area contributed by atoms with Crippen LogP contribution < -0.4 is 5.56 Å². The first kappa shape index (κ1) is 17.0. The van der Waals surface area contributed by atoms with Gasteiger partial charge in [0.15, 0.2) is 5.82 Å². The second-order valence-electron chi connectivity index (χ2n) is 6.05. The van der Waals surface area contributed by atoms with Crippen LogP contribution in [0.15, 0.2) is 65.5 Å². The van der Waals surface area contributed by atoms with Gasteiger partial charge in [-0.05, 0) is 46.7 Å². The summed E-state index contributed by atoms with van der Waals surface area (Å²) in [6, 6.07) is 18.0. The second kappa shape index (κ2) is 6.70. The Morgan fingerprint density at radius 1 is 1.04 bits per heavy atom. The molecule has 0 unspecified atom stereocenters. The molecule has 27 heavy (non-hydrogen) atoms. The van der Waals surface area contributed by atoms with Crippen molar-refractivity contribution in [1.29, 1.82) is 0 Å². The summed E-state index contributed by atoms with van der Waals surface area (Å²) in [6.07, 6.45) is 1.71. The molecule has 4 aromatic rings. The zero-order valence-electron chi connectivity index (χ0n) is 13.9. The molecule has 3 aromatic carbocycles. The predicted molar refractivity (Wildman–Crippen MR) is 107 cm³/mol. The molecule has 0 saturated carbocycles. The lowest BCUT2D eigenvalue weighted by Crippen LogP contribution is -2.11. The normalized spacial score (nSPS) is 11.8. The average Bonchev–Trinajstić information content (AvgIpc) is 2.67. The Morgan fingerprint density at radius 2 is 1.81 bits per heavy atom. The van der Waals surface area contributed by atoms with E-state index in [0.29, 0.717) is 5.39 Å². The Hall–Kier alpha value is -3.44. The molecule has 0 spiro atoms. The van der Waals surface area contributed by atoms with Crippen LogP contribution in [0.5, 0.6) is 0 Å². The van der Waals surface area contributed by atoms with Gasteiger partial charge in [-0.15, -0.1) is 0 Å². The minimum Gasteiger partial charge on any atom is -0.478 e. The Morgan fingerprint density at radius 3 is 2.59 bits per heavy atom. The van der Waals surface area contributed by atoms with Gasteiger partial charge in [0.25, 0.3) is 5.56 Å². The third-order valence-electron chi connectivity index (χ3n) is 4.25. The maximum atomic E-state index is 12.3. The monoisotopic (exact) mass is 376 g/mol. The number of aromatic amines is 1. The van der Waals surface area contributed by atoms with E-state index in [2.05, 4.69) is 9.97 Å². The summed E-state index contributed by atoms with van der Waals surface area (Å²) in [5.41, 5.74) is 0.817. The van der Waals surface area contributed by atoms with Crippen LogP contribution in [-0.2, 0) is 0 Å². The summed E-state index contributed by atoms with van der Waals surface area (Å²) < 4.78 is 0. The van der Waals surface area contributed by atoms with Gasteiger partial charge in [0.05, 0.1) is 21.5 Å². The molecule has 132 valence electrons. The van der Waals surface area contributed by atoms with Crippen molar-refractivity contribution in [3.8, 4) is 0 Å². The van der Waals surface area contributed by atoms with Crippen LogP contribution in [0.3, 0.4) is 0 Å². The number of H-pyrrole nitrogens is 1. The number of rotatable bonds is 3. The number of fused-ring (bicyclic) bond motifs is 2. The molecular weight excluding hydrogens is 364 g/mol. The highest BCUT2D eigenvalue weighted by atomic mass is 35.5. The van der Waals surface area contributed by atoms with E-state index in [1.54, 1.807) is 6.08 Å². The molecule has 0 aliphatic rings. The average molecular weight is 377 g/mol. The van der Waals surface area contributed by atoms with Gasteiger partial charge in [0.2, 0.25) is 0 Å². The highest BCUT2D eigenvalue weighted by Crippen LogP contribution is 2.23. The zero-order chi connectivity index (χ0) is 19.0. The number of benzene rings is 3. The van der Waals surface area contributed by atoms with Gasteiger partial charge in [0.1, 0.15) is 0 Å². The maximum Gasteiger partial charge on any atom is 0.335 e. The zero-order valence-corrected chi connectivity index (χ0v) is 14.7. The van der Waals surface area contributed by atoms with E-state index >= 15 is 0 Å². The van der Waals surface area contributed by atoms with E-state index in [4.69, 9.17) is 16.7 Å². The van der Waals surface area contributed by atoms with Gasteiger partial charge in [0, 0.05) is 0 Å². The molecule has 1 aromatic heterocycles. The van der Waals surface area contributed by atoms with Crippen molar-refractivity contribution in [2.24, 2.45) is 0 Å². The molecular formula is C21H13ClN2O3. The summed E-state index contributed by atoms with van der Waals surface area (Å²) in [5.74, 6) is -0.900. The minimum absolute atomic E-state index is 0.0566. The molecule has 0 radical (unpaired) electrons. The molecule has 0 bridgehead atoms. The number of aromatic carboxylic acids is 1. The fourth-order valence-electron chi connectivity index (χ4n) is 2.90. The number of halogens is 1. The molecule has 2 N–H and O–H groups in total. The third kappa shape index (κ3) is 3.32. The van der Waals surface area contributed by atoms with Gasteiger partial charge in [-0.1, -0.05) is 48.0 Å². The summed E-state index contributed by atoms with van der Waals surface area (Å²) in [5, 5.41) is 11.9. The van der Waals surface area contributed by atoms with Crippen LogP contribution in [0.1, 0.15) is 21.7 Å². The van der Waals surface area contributed by atoms with E-state index in [1.807, 2.05) is 42.5 Å². The van der Waals surface area contributed by atoms with Crippen molar-refractivity contribution in [3.05, 3.63) is 88.0 Å². The van der Waals surface area contributed by atoms with Gasteiger partial charge in [-0.2, -0.15) is 0 Å². The van der Waals surface area contributed by atoms with Crippen LogP contribution in [0.25, 0.3) is 32.8 Å². The summed E-state index contributed by atoms with van der Waals surface area (Å²) in [4.78, 5) is 30.4. The number of aromatic nitrogens is 2. The van der Waals surface area contributed by atoms with Crippen molar-refractivity contribution in [2.45, 2.75) is 0 Å². The summed E-state index contributed by atoms with van der Waals surface area (Å²) >= 11 is 6.38. The molecule has 0 aliphatic heterocycles. The number of carboxylic acids is 1. The quantitative estimate of drug-likeness (QED) is 0.551. The van der Waals surface area contributed by atoms with Crippen molar-refractivity contribution in [1.82, 2.24) is 9.97 Å². The molecule has 6 heteroatoms. The number of carboxylic acid groups (broad SMARTS) is 1. The predicted octanol–water partition coefficient (Wildman–Crippen LogP) is 4.51. The minimum atomic E-state index is -1.08. The maximum absolute atomic E-state index is 12.3. The lowest BCUT2D eigenvalue weighted by Gasteiger charge is -2.04. The first-order chi connectivity index (χ1) is 13.0. The Kier molecular flexibility index (Phi) is 4.22. The lowest BCUT2D eigenvalue weighted by atomic mass is 10.1. The van der Waals surface area contributed by atoms with E-state index in [1.165, 1.54) is 18.2 Å². The molecule has 0 amide bonds. The Bertz CT molecular complexity index is 1290. The molecule has 4 rings (SSSR count). The number of nitrogens with one attached hydrogen (secondary N) is 1. The lowest BCUT2D eigenvalue weighted by molar-refractivity contribution is 0.0697. The summed E-state index contributed by atoms with van der Waals surface area (Å²) in [6.45, 7) is 0. The van der Waals surface area contributed by atoms with Crippen molar-refractivity contribution in [3.63, 3.8) is 0 Å². The SMILES string of the molecule is O=C(O)c1ccc2c(=O)[nH]c(C(Cl)=Cc3ccc4ccccc4c3)nc2c1. The van der Waals surface area contributed by atoms with E-state index in [9.17, 15) is 9.59 Å². The molecule has 0 saturated heterocycles. The Labute approximate surface area is 158 Å². The third-order valence-corrected chi connectivity index (χ3v) is 4.53. The van der Waals surface area contributed by atoms with E-state index in [0.717, 1.165) is 16.3 Å². The number of hydrogen-bond donors (Lipinski definition) is 2. The van der Waals surface area contributed by atoms with Crippen LogP contribution in [-0.4, -0.2) is 21.0 Å². The highest BCUT2D eigenvalue weighted by Gasteiger charge is 2.10. The van der Waals surface area contributed by atoms with Crippen molar-refractivity contribution >= 4 is 50.4 Å². The smallest absolute Gasteiger partial charge is 0.335 e. The van der Waals surface area contributed by atoms with Gasteiger partial charge < -0.3 is 10.1 Å². The van der Waals surface area contributed by atoms with Gasteiger partial charge in [-0.3, -0.25) is 4.79 Å². The number of nitrogens with zero attached hydrogens (tertiary/aromatic N) is 1. The van der Waals surface area contributed by atoms with Crippen molar-refractivity contribution in [2.75, 3.05) is 0 Å². The largest absolute Gasteiger partial charge is 0.478 e. The topological polar surface area (TPSA) is 83.0 Å². The van der Waals surface area contributed by atoms with Crippen molar-refractivity contribution < 1.29 is 9.90 Å². The van der Waals surface area contributed by atoms with Gasteiger partial charge >= 0.3 is 5.97 Å². The number of carbonyl (C=O) groups is 1. The van der Waals surface area contributed by atoms with Crippen LogP contribution >= 0.6 is 11.6 Å². The first-order valence-electron chi connectivity index (χ1n) is 8.15. The second-order valence-corrected chi connectivity index (χ2v) is 6.46. The van der Waals surface area contributed by atoms with E-state index in [-0.39, 0.29) is 27.5 Å². The molecule has 1 heterocycles. The van der Waals surface area contributed by atoms with Crippen LogP contribution in [0.4, 0.5) is 0 Å². The van der Waals surface area contributed by atoms with Crippen LogP contribution in [0.2, 0.25) is 0 Å². The molecule has 0 aliphatic carbocycles.